The second-order valence-corrected chi connectivity index (χ2v) is 20.8. The normalized spacial score (nSPS) is 40.6. The number of benzene rings is 1. The number of thiocarbonyl (C=S) groups is 1. The molecule has 392 valence electrons. The number of hydrogen-bond donors (Lipinski definition) is 7. The average molecular weight is 993 g/mol. The highest BCUT2D eigenvalue weighted by Gasteiger charge is 2.53. The fraction of sp³-hybridized carbons (Fsp3) is 0.833. The number of ether oxygens (including phenoxy) is 7. The van der Waals surface area contributed by atoms with Gasteiger partial charge in [-0.15, -0.1) is 0 Å². The maximum atomic E-state index is 14.5. The van der Waals surface area contributed by atoms with Crippen LogP contribution in [0.1, 0.15) is 101 Å². The third-order valence-corrected chi connectivity index (χ3v) is 14.5. The van der Waals surface area contributed by atoms with Crippen molar-refractivity contribution in [2.24, 2.45) is 17.8 Å². The van der Waals surface area contributed by atoms with Gasteiger partial charge >= 0.3 is 12.6 Å². The number of alkyl halides is 2. The van der Waals surface area contributed by atoms with Crippen LogP contribution in [0.25, 0.3) is 0 Å². The summed E-state index contributed by atoms with van der Waals surface area (Å²) in [6.45, 7) is 15.6. The molecule has 3 fully saturated rings. The average Bonchev–Trinajstić information content (AvgIpc) is 3.26. The van der Waals surface area contributed by atoms with E-state index in [1.54, 1.807) is 60.6 Å². The minimum absolute atomic E-state index is 0.0130. The summed E-state index contributed by atoms with van der Waals surface area (Å²) in [6, 6.07) is 4.89. The second kappa shape index (κ2) is 24.8. The van der Waals surface area contributed by atoms with Gasteiger partial charge in [-0.05, 0) is 131 Å². The van der Waals surface area contributed by atoms with Gasteiger partial charge in [0.1, 0.15) is 35.8 Å². The van der Waals surface area contributed by atoms with Crippen LogP contribution in [0.4, 0.5) is 14.5 Å². The smallest absolute Gasteiger partial charge is 0.387 e. The second-order valence-electron chi connectivity index (χ2n) is 20.4. The Balaban J connectivity index is 1.70. The number of cyclic esters (lactones) is 1. The summed E-state index contributed by atoms with van der Waals surface area (Å²) in [5.74, 6) is -2.92. The van der Waals surface area contributed by atoms with Gasteiger partial charge in [0.05, 0.1) is 41.5 Å². The molecular formula is C48H82F2N4O13S. The molecule has 20 heteroatoms. The van der Waals surface area contributed by atoms with Gasteiger partial charge in [0.15, 0.2) is 17.7 Å². The Morgan fingerprint density at radius 3 is 2.22 bits per heavy atom. The lowest BCUT2D eigenvalue weighted by atomic mass is 9.77. The van der Waals surface area contributed by atoms with Crippen molar-refractivity contribution in [2.45, 2.75) is 198 Å². The molecule has 4 rings (SSSR count). The number of nitrogens with zero attached hydrogens (tertiary/aromatic N) is 2. The Hall–Kier alpha value is -2.44. The Kier molecular flexibility index (Phi) is 21.2. The number of carbonyl (C=O) groups excluding carboxylic acids is 1. The standard InChI is InChI=1S/C48H82F2N4O13S/c1-14-35-48(10,60)39(56)30(6)54(21-15-20-51-45(68)52-32-16-18-33(19-17-32)64-44(49)50)25-26(2)23-46(8,59)41(67-43-37(55)34(53(11)12)22-27(3)62-43)28(4)38(29(5)42(58)65-35)66-36-24-47(9,61-13)40(57)31(7)63-36/h16-19,26-31,34-41,43-44,55-57,59-60H,14-15,20-25H2,1-13H3,(H2,51,52,68)/t26-,27-,28+,29-,30-,31+,34+,35-,36+,37-,38+,39-,40+,41-,43+,46-,47-,48-/m1/s1. The molecule has 17 nitrogen and oxygen atoms in total. The zero-order chi connectivity index (χ0) is 51.1. The predicted octanol–water partition coefficient (Wildman–Crippen LogP) is 4.25. The first-order chi connectivity index (χ1) is 31.6. The van der Waals surface area contributed by atoms with E-state index in [-0.39, 0.29) is 43.1 Å². The van der Waals surface area contributed by atoms with Gasteiger partial charge in [-0.25, -0.2) is 0 Å². The molecule has 3 aliphatic heterocycles. The van der Waals surface area contributed by atoms with Crippen LogP contribution >= 0.6 is 12.2 Å². The van der Waals surface area contributed by atoms with Gasteiger partial charge in [-0.3, -0.25) is 9.69 Å². The van der Waals surface area contributed by atoms with Crippen LogP contribution in [0.5, 0.6) is 5.75 Å². The van der Waals surface area contributed by atoms with Crippen molar-refractivity contribution in [3.63, 3.8) is 0 Å². The minimum atomic E-state index is -2.94. The number of nitrogens with one attached hydrogen (secondary N) is 2. The lowest BCUT2D eigenvalue weighted by molar-refractivity contribution is -0.318. The Bertz CT molecular complexity index is 1740. The van der Waals surface area contributed by atoms with Crippen LogP contribution in [-0.4, -0.2) is 184 Å². The third kappa shape index (κ3) is 14.8. The van der Waals surface area contributed by atoms with Crippen LogP contribution in [0, 0.1) is 17.8 Å². The van der Waals surface area contributed by atoms with Crippen molar-refractivity contribution in [3.05, 3.63) is 24.3 Å². The Labute approximate surface area is 407 Å². The van der Waals surface area contributed by atoms with E-state index in [2.05, 4.69) is 15.4 Å². The van der Waals surface area contributed by atoms with Crippen molar-refractivity contribution in [1.29, 1.82) is 0 Å². The molecule has 7 N–H and O–H groups in total. The number of likely N-dealkylation sites (N-methyl/N-ethyl adjacent to an activating group) is 1. The predicted molar refractivity (Wildman–Crippen MR) is 255 cm³/mol. The van der Waals surface area contributed by atoms with Crippen molar-refractivity contribution < 1.29 is 72.3 Å². The zero-order valence-electron chi connectivity index (χ0n) is 42.3. The molecule has 1 aromatic rings. The van der Waals surface area contributed by atoms with Crippen LogP contribution in [0.2, 0.25) is 0 Å². The number of carbonyl (C=O) groups is 1. The van der Waals surface area contributed by atoms with Gasteiger partial charge in [-0.1, -0.05) is 20.8 Å². The fourth-order valence-corrected chi connectivity index (χ4v) is 10.5. The summed E-state index contributed by atoms with van der Waals surface area (Å²) in [5, 5.41) is 66.4. The van der Waals surface area contributed by atoms with Gasteiger partial charge in [0.2, 0.25) is 0 Å². The van der Waals surface area contributed by atoms with Crippen molar-refractivity contribution >= 4 is 29.0 Å². The van der Waals surface area contributed by atoms with E-state index in [1.807, 2.05) is 37.7 Å². The first-order valence-corrected chi connectivity index (χ1v) is 24.4. The van der Waals surface area contributed by atoms with Crippen molar-refractivity contribution in [1.82, 2.24) is 15.1 Å². The highest BCUT2D eigenvalue weighted by molar-refractivity contribution is 7.80. The van der Waals surface area contributed by atoms with E-state index in [4.69, 9.17) is 40.6 Å². The molecule has 68 heavy (non-hydrogen) atoms. The highest BCUT2D eigenvalue weighted by Crippen LogP contribution is 2.40. The van der Waals surface area contributed by atoms with Gasteiger partial charge in [0.25, 0.3) is 0 Å². The van der Waals surface area contributed by atoms with E-state index >= 15 is 0 Å². The molecule has 3 aliphatic rings. The van der Waals surface area contributed by atoms with E-state index < -0.39 is 103 Å². The molecule has 0 spiro atoms. The summed E-state index contributed by atoms with van der Waals surface area (Å²) in [5.41, 5.74) is -4.12. The minimum Gasteiger partial charge on any atom is -0.459 e. The Morgan fingerprint density at radius 2 is 1.63 bits per heavy atom. The van der Waals surface area contributed by atoms with Gasteiger partial charge in [-0.2, -0.15) is 8.78 Å². The van der Waals surface area contributed by atoms with Gasteiger partial charge in [0, 0.05) is 56.9 Å². The van der Waals surface area contributed by atoms with Crippen LogP contribution < -0.4 is 15.4 Å². The van der Waals surface area contributed by atoms with Crippen LogP contribution in [0.3, 0.4) is 0 Å². The van der Waals surface area contributed by atoms with Crippen molar-refractivity contribution in [3.8, 4) is 5.75 Å². The zero-order valence-corrected chi connectivity index (χ0v) is 43.1. The summed E-state index contributed by atoms with van der Waals surface area (Å²) >= 11 is 5.50. The molecule has 0 unspecified atom stereocenters. The quantitative estimate of drug-likeness (QED) is 0.0789. The highest BCUT2D eigenvalue weighted by atomic mass is 32.1. The summed E-state index contributed by atoms with van der Waals surface area (Å²) in [4.78, 5) is 18.5. The largest absolute Gasteiger partial charge is 0.459 e. The number of hydrogen-bond acceptors (Lipinski definition) is 16. The molecule has 0 amide bonds. The summed E-state index contributed by atoms with van der Waals surface area (Å²) in [7, 11) is 5.22. The number of rotatable bonds is 14. The molecule has 3 saturated heterocycles. The number of aliphatic hydroxyl groups excluding tert-OH is 3. The number of methoxy groups -OCH3 is 1. The maximum absolute atomic E-state index is 14.5. The molecule has 0 radical (unpaired) electrons. The lowest BCUT2D eigenvalue weighted by Gasteiger charge is -2.48. The summed E-state index contributed by atoms with van der Waals surface area (Å²) < 4.78 is 67.7. The number of halogens is 2. The molecule has 0 bridgehead atoms. The van der Waals surface area contributed by atoms with E-state index in [1.165, 1.54) is 26.2 Å². The van der Waals surface area contributed by atoms with E-state index in [9.17, 15) is 39.1 Å². The first-order valence-electron chi connectivity index (χ1n) is 24.0. The molecule has 0 aliphatic carbocycles. The number of aliphatic hydroxyl groups is 5. The summed E-state index contributed by atoms with van der Waals surface area (Å²) in [6.07, 6.45) is -8.71. The number of esters is 1. The molecule has 1 aromatic carbocycles. The SMILES string of the molecule is CC[C@H]1OC(=O)[C@H](C)[C@@H](O[C@H]2C[C@@](C)(OC)[C@@H](O)[C@H](C)O2)[C@H](C)[C@@H](O[C@@H]2O[C@H](C)C[C@H](N(C)C)[C@H]2O)[C@](C)(O)C[C@@H](C)CN(CCCNC(=S)Nc2ccc(OC(F)F)cc2)[C@H](C)[C@@H](O)[C@]1(C)O. The number of anilines is 1. The third-order valence-electron chi connectivity index (χ3n) is 14.3. The van der Waals surface area contributed by atoms with Gasteiger partial charge < -0.3 is 74.2 Å². The first kappa shape index (κ1) is 58.1. The molecule has 0 saturated carbocycles. The molecule has 0 aromatic heterocycles. The fourth-order valence-electron chi connectivity index (χ4n) is 10.3. The maximum Gasteiger partial charge on any atom is 0.387 e. The van der Waals surface area contributed by atoms with Crippen molar-refractivity contribution in [2.75, 3.05) is 46.2 Å². The molecule has 3 heterocycles. The van der Waals surface area contributed by atoms with E-state index in [0.717, 1.165) is 0 Å². The Morgan fingerprint density at radius 1 is 0.985 bits per heavy atom. The molecular weight excluding hydrogens is 911 g/mol. The topological polar surface area (TPSA) is 213 Å². The lowest BCUT2D eigenvalue weighted by Crippen LogP contribution is -2.60. The van der Waals surface area contributed by atoms with E-state index in [0.29, 0.717) is 43.3 Å². The van der Waals surface area contributed by atoms with Crippen LogP contribution in [0.15, 0.2) is 24.3 Å². The monoisotopic (exact) mass is 993 g/mol. The molecule has 18 atom stereocenters. The van der Waals surface area contributed by atoms with Crippen LogP contribution in [-0.2, 0) is 33.2 Å².